The van der Waals surface area contributed by atoms with Crippen molar-refractivity contribution in [2.45, 2.75) is 32.9 Å². The van der Waals surface area contributed by atoms with Crippen LogP contribution >= 0.6 is 15.9 Å². The second kappa shape index (κ2) is 7.87. The Hall–Kier alpha value is -0.980. The molecule has 0 fully saturated rings. The molecule has 0 spiro atoms. The average molecular weight is 362 g/mol. The second-order valence-corrected chi connectivity index (χ2v) is 6.10. The number of aliphatic hydroxyl groups is 1. The van der Waals surface area contributed by atoms with Crippen molar-refractivity contribution in [2.75, 3.05) is 13.7 Å². The zero-order chi connectivity index (χ0) is 16.2. The zero-order valence-corrected chi connectivity index (χ0v) is 14.2. The SMILES string of the molecule is COc1cc(Br)c(C=O)c(C(C)N[C@H](CO)C(C)C)c1F. The predicted molar refractivity (Wildman–Crippen MR) is 83.3 cm³/mol. The minimum Gasteiger partial charge on any atom is -0.494 e. The summed E-state index contributed by atoms with van der Waals surface area (Å²) >= 11 is 3.26. The number of hydrogen-bond donors (Lipinski definition) is 2. The van der Waals surface area contributed by atoms with Crippen LogP contribution in [0.15, 0.2) is 10.5 Å². The molecule has 6 heteroatoms. The third kappa shape index (κ3) is 4.02. The highest BCUT2D eigenvalue weighted by atomic mass is 79.9. The fourth-order valence-corrected chi connectivity index (χ4v) is 2.70. The first-order valence-corrected chi connectivity index (χ1v) is 7.54. The van der Waals surface area contributed by atoms with Crippen molar-refractivity contribution in [2.24, 2.45) is 5.92 Å². The molecule has 0 saturated heterocycles. The summed E-state index contributed by atoms with van der Waals surface area (Å²) in [6.07, 6.45) is 0.615. The molecule has 1 aromatic rings. The lowest BCUT2D eigenvalue weighted by Crippen LogP contribution is -2.39. The number of carbonyl (C=O) groups is 1. The first kappa shape index (κ1) is 18.1. The van der Waals surface area contributed by atoms with E-state index in [1.807, 2.05) is 13.8 Å². The molecule has 21 heavy (non-hydrogen) atoms. The van der Waals surface area contributed by atoms with Crippen LogP contribution in [-0.4, -0.2) is 31.2 Å². The summed E-state index contributed by atoms with van der Waals surface area (Å²) in [5.41, 5.74) is 0.476. The fourth-order valence-electron chi connectivity index (χ4n) is 2.19. The molecule has 0 aliphatic rings. The summed E-state index contributed by atoms with van der Waals surface area (Å²) in [5.74, 6) is -0.321. The number of halogens is 2. The predicted octanol–water partition coefficient (Wildman–Crippen LogP) is 3.08. The van der Waals surface area contributed by atoms with Gasteiger partial charge in [-0.1, -0.05) is 13.8 Å². The van der Waals surface area contributed by atoms with Crippen LogP contribution in [-0.2, 0) is 0 Å². The molecule has 0 bridgehead atoms. The standard InChI is InChI=1S/C15H21BrFNO3/c1-8(2)12(7-20)18-9(3)14-10(6-19)11(16)5-13(21-4)15(14)17/h5-6,8-9,12,18,20H,7H2,1-4H3/t9?,12-/m1/s1. The maximum Gasteiger partial charge on any atom is 0.170 e. The first-order chi connectivity index (χ1) is 9.87. The van der Waals surface area contributed by atoms with Gasteiger partial charge in [-0.15, -0.1) is 0 Å². The van der Waals surface area contributed by atoms with E-state index in [0.717, 1.165) is 0 Å². The molecule has 2 N–H and O–H groups in total. The van der Waals surface area contributed by atoms with Crippen LogP contribution in [0.2, 0.25) is 0 Å². The highest BCUT2D eigenvalue weighted by Crippen LogP contribution is 2.34. The van der Waals surface area contributed by atoms with Gasteiger partial charge in [0, 0.05) is 27.7 Å². The molecule has 2 atom stereocenters. The number of carbonyl (C=O) groups excluding carboxylic acids is 1. The van der Waals surface area contributed by atoms with Gasteiger partial charge in [0.15, 0.2) is 17.9 Å². The lowest BCUT2D eigenvalue weighted by atomic mass is 9.97. The van der Waals surface area contributed by atoms with E-state index in [9.17, 15) is 14.3 Å². The average Bonchev–Trinajstić information content (AvgIpc) is 2.45. The summed E-state index contributed by atoms with van der Waals surface area (Å²) in [6.45, 7) is 5.60. The minimum absolute atomic E-state index is 0.0643. The van der Waals surface area contributed by atoms with Crippen molar-refractivity contribution >= 4 is 22.2 Å². The second-order valence-electron chi connectivity index (χ2n) is 5.24. The maximum absolute atomic E-state index is 14.5. The molecule has 1 rings (SSSR count). The Kier molecular flexibility index (Phi) is 6.77. The minimum atomic E-state index is -0.566. The summed E-state index contributed by atoms with van der Waals surface area (Å²) in [7, 11) is 1.37. The Labute approximate surface area is 132 Å². The number of aldehydes is 1. The molecule has 0 amide bonds. The highest BCUT2D eigenvalue weighted by molar-refractivity contribution is 9.10. The molecule has 0 aliphatic carbocycles. The number of ether oxygens (including phenoxy) is 1. The molecular formula is C15H21BrFNO3. The van der Waals surface area contributed by atoms with Gasteiger partial charge in [-0.25, -0.2) is 4.39 Å². The number of hydrogen-bond acceptors (Lipinski definition) is 4. The van der Waals surface area contributed by atoms with Crippen LogP contribution in [0, 0.1) is 11.7 Å². The smallest absolute Gasteiger partial charge is 0.170 e. The molecule has 1 aromatic carbocycles. The van der Waals surface area contributed by atoms with Crippen LogP contribution in [0.25, 0.3) is 0 Å². The Morgan fingerprint density at radius 3 is 2.52 bits per heavy atom. The van der Waals surface area contributed by atoms with E-state index in [-0.39, 0.29) is 35.4 Å². The van der Waals surface area contributed by atoms with Crippen LogP contribution in [0.4, 0.5) is 4.39 Å². The topological polar surface area (TPSA) is 58.6 Å². The summed E-state index contributed by atoms with van der Waals surface area (Å²) in [6, 6.07) is 0.793. The van der Waals surface area contributed by atoms with Gasteiger partial charge in [-0.3, -0.25) is 4.79 Å². The summed E-state index contributed by atoms with van der Waals surface area (Å²) in [4.78, 5) is 11.3. The van der Waals surface area contributed by atoms with Crippen LogP contribution in [0.5, 0.6) is 5.75 Å². The van der Waals surface area contributed by atoms with Gasteiger partial charge in [0.25, 0.3) is 0 Å². The first-order valence-electron chi connectivity index (χ1n) is 6.75. The van der Waals surface area contributed by atoms with E-state index in [1.165, 1.54) is 13.2 Å². The largest absolute Gasteiger partial charge is 0.494 e. The lowest BCUT2D eigenvalue weighted by molar-refractivity contribution is 0.112. The van der Waals surface area contributed by atoms with Gasteiger partial charge in [-0.05, 0) is 34.8 Å². The van der Waals surface area contributed by atoms with Gasteiger partial charge < -0.3 is 15.2 Å². The summed E-state index contributed by atoms with van der Waals surface area (Å²) < 4.78 is 20.0. The molecule has 0 aliphatic heterocycles. The Bertz CT molecular complexity index is 508. The molecule has 0 heterocycles. The van der Waals surface area contributed by atoms with Crippen molar-refractivity contribution in [1.82, 2.24) is 5.32 Å². The van der Waals surface area contributed by atoms with Crippen LogP contribution in [0.3, 0.4) is 0 Å². The van der Waals surface area contributed by atoms with Gasteiger partial charge in [0.1, 0.15) is 0 Å². The highest BCUT2D eigenvalue weighted by Gasteiger charge is 2.24. The Morgan fingerprint density at radius 2 is 2.10 bits per heavy atom. The quantitative estimate of drug-likeness (QED) is 0.732. The molecule has 0 radical (unpaired) electrons. The number of aliphatic hydroxyl groups excluding tert-OH is 1. The van der Waals surface area contributed by atoms with Crippen molar-refractivity contribution in [3.8, 4) is 5.75 Å². The number of benzene rings is 1. The van der Waals surface area contributed by atoms with Gasteiger partial charge >= 0.3 is 0 Å². The number of rotatable bonds is 7. The summed E-state index contributed by atoms with van der Waals surface area (Å²) in [5, 5.41) is 12.5. The van der Waals surface area contributed by atoms with E-state index in [4.69, 9.17) is 4.74 Å². The molecule has 4 nitrogen and oxygen atoms in total. The van der Waals surface area contributed by atoms with Gasteiger partial charge in [0.2, 0.25) is 0 Å². The fraction of sp³-hybridized carbons (Fsp3) is 0.533. The Balaban J connectivity index is 3.26. The van der Waals surface area contributed by atoms with E-state index < -0.39 is 11.9 Å². The van der Waals surface area contributed by atoms with Crippen molar-refractivity contribution < 1.29 is 19.0 Å². The van der Waals surface area contributed by atoms with Crippen LogP contribution < -0.4 is 10.1 Å². The van der Waals surface area contributed by atoms with Crippen molar-refractivity contribution in [3.05, 3.63) is 27.5 Å². The van der Waals surface area contributed by atoms with Crippen molar-refractivity contribution in [3.63, 3.8) is 0 Å². The molecule has 118 valence electrons. The molecule has 1 unspecified atom stereocenters. The van der Waals surface area contributed by atoms with E-state index >= 15 is 0 Å². The van der Waals surface area contributed by atoms with Crippen molar-refractivity contribution in [1.29, 1.82) is 0 Å². The molecule has 0 saturated carbocycles. The maximum atomic E-state index is 14.5. The van der Waals surface area contributed by atoms with E-state index in [2.05, 4.69) is 21.2 Å². The third-order valence-electron chi connectivity index (χ3n) is 3.49. The van der Waals surface area contributed by atoms with E-state index in [0.29, 0.717) is 10.8 Å². The van der Waals surface area contributed by atoms with Gasteiger partial charge in [-0.2, -0.15) is 0 Å². The monoisotopic (exact) mass is 361 g/mol. The lowest BCUT2D eigenvalue weighted by Gasteiger charge is -2.26. The zero-order valence-electron chi connectivity index (χ0n) is 12.6. The van der Waals surface area contributed by atoms with Crippen LogP contribution in [0.1, 0.15) is 42.7 Å². The molecule has 0 aromatic heterocycles. The Morgan fingerprint density at radius 1 is 1.48 bits per heavy atom. The normalized spacial score (nSPS) is 14.1. The number of methoxy groups -OCH3 is 1. The van der Waals surface area contributed by atoms with Gasteiger partial charge in [0.05, 0.1) is 13.7 Å². The molecular weight excluding hydrogens is 341 g/mol. The third-order valence-corrected chi connectivity index (χ3v) is 4.15. The van der Waals surface area contributed by atoms with E-state index in [1.54, 1.807) is 6.92 Å². The number of nitrogens with one attached hydrogen (secondary N) is 1.